The Morgan fingerprint density at radius 1 is 1.10 bits per heavy atom. The molecule has 0 bridgehead atoms. The van der Waals surface area contributed by atoms with Crippen LogP contribution in [0.1, 0.15) is 24.8 Å². The number of rotatable bonds is 11. The minimum absolute atomic E-state index is 0.0775. The monoisotopic (exact) mass is 418 g/mol. The van der Waals surface area contributed by atoms with Gasteiger partial charge in [-0.05, 0) is 49.1 Å². The third kappa shape index (κ3) is 6.76. The van der Waals surface area contributed by atoms with E-state index in [4.69, 9.17) is 9.47 Å². The number of nitrogens with one attached hydrogen (secondary N) is 2. The van der Waals surface area contributed by atoms with Crippen LogP contribution in [0.2, 0.25) is 0 Å². The predicted molar refractivity (Wildman–Crippen MR) is 110 cm³/mol. The van der Waals surface area contributed by atoms with Crippen LogP contribution in [0.15, 0.2) is 53.4 Å². The minimum atomic E-state index is -3.44. The topological polar surface area (TPSA) is 93.7 Å². The van der Waals surface area contributed by atoms with Crippen LogP contribution < -0.4 is 19.5 Å². The Kier molecular flexibility index (Phi) is 7.11. The highest BCUT2D eigenvalue weighted by atomic mass is 32.2. The van der Waals surface area contributed by atoms with Crippen LogP contribution in [0.25, 0.3) is 0 Å². The van der Waals surface area contributed by atoms with Gasteiger partial charge in [0, 0.05) is 18.5 Å². The molecule has 0 heterocycles. The van der Waals surface area contributed by atoms with Crippen molar-refractivity contribution >= 4 is 15.9 Å². The Morgan fingerprint density at radius 2 is 1.83 bits per heavy atom. The second kappa shape index (κ2) is 9.76. The Balaban J connectivity index is 1.36. The molecule has 1 aliphatic rings. The van der Waals surface area contributed by atoms with Crippen molar-refractivity contribution in [3.8, 4) is 11.5 Å². The quantitative estimate of drug-likeness (QED) is 0.546. The Labute approximate surface area is 171 Å². The lowest BCUT2D eigenvalue weighted by Crippen LogP contribution is -2.28. The fraction of sp³-hybridized carbons (Fsp3) is 0.381. The number of aryl methyl sites for hydroxylation is 1. The average Bonchev–Trinajstić information content (AvgIpc) is 3.53. The van der Waals surface area contributed by atoms with Crippen LogP contribution in [0.5, 0.6) is 11.5 Å². The number of hydrogen-bond donors (Lipinski definition) is 2. The lowest BCUT2D eigenvalue weighted by molar-refractivity contribution is -0.121. The van der Waals surface area contributed by atoms with Gasteiger partial charge in [-0.15, -0.1) is 0 Å². The zero-order chi connectivity index (χ0) is 20.7. The van der Waals surface area contributed by atoms with E-state index in [-0.39, 0.29) is 16.8 Å². The summed E-state index contributed by atoms with van der Waals surface area (Å²) >= 11 is 0. The van der Waals surface area contributed by atoms with E-state index in [1.54, 1.807) is 37.4 Å². The van der Waals surface area contributed by atoms with Crippen molar-refractivity contribution in [2.24, 2.45) is 0 Å². The number of methoxy groups -OCH3 is 1. The third-order valence-electron chi connectivity index (χ3n) is 4.51. The maximum absolute atomic E-state index is 12.2. The van der Waals surface area contributed by atoms with Gasteiger partial charge in [0.2, 0.25) is 15.9 Å². The van der Waals surface area contributed by atoms with Crippen LogP contribution in [0.3, 0.4) is 0 Å². The lowest BCUT2D eigenvalue weighted by atomic mass is 10.1. The van der Waals surface area contributed by atoms with Crippen molar-refractivity contribution in [3.05, 3.63) is 54.1 Å². The number of carbonyl (C=O) groups is 1. The van der Waals surface area contributed by atoms with Crippen LogP contribution in [-0.2, 0) is 21.2 Å². The molecule has 8 heteroatoms. The van der Waals surface area contributed by atoms with E-state index in [9.17, 15) is 13.2 Å². The molecule has 156 valence electrons. The summed E-state index contributed by atoms with van der Waals surface area (Å²) in [7, 11) is -1.84. The summed E-state index contributed by atoms with van der Waals surface area (Å²) in [5.74, 6) is 1.32. The minimum Gasteiger partial charge on any atom is -0.497 e. The van der Waals surface area contributed by atoms with E-state index < -0.39 is 10.0 Å². The number of sulfonamides is 1. The fourth-order valence-corrected chi connectivity index (χ4v) is 4.03. The van der Waals surface area contributed by atoms with Gasteiger partial charge in [0.25, 0.3) is 0 Å². The molecule has 2 aromatic carbocycles. The van der Waals surface area contributed by atoms with Gasteiger partial charge in [-0.1, -0.05) is 18.2 Å². The molecule has 0 aromatic heterocycles. The van der Waals surface area contributed by atoms with Gasteiger partial charge in [-0.3, -0.25) is 4.79 Å². The van der Waals surface area contributed by atoms with E-state index in [2.05, 4.69) is 10.0 Å². The molecule has 1 fully saturated rings. The third-order valence-corrected chi connectivity index (χ3v) is 6.04. The molecular formula is C21H26N2O5S. The number of ether oxygens (including phenoxy) is 2. The molecule has 0 unspecified atom stereocenters. The van der Waals surface area contributed by atoms with Crippen molar-refractivity contribution in [2.75, 3.05) is 20.3 Å². The number of carbonyl (C=O) groups excluding carboxylic acids is 1. The summed E-state index contributed by atoms with van der Waals surface area (Å²) in [5, 5.41) is 2.81. The number of amides is 1. The predicted octanol–water partition coefficient (Wildman–Crippen LogP) is 2.26. The van der Waals surface area contributed by atoms with Crippen LogP contribution in [0, 0.1) is 0 Å². The van der Waals surface area contributed by atoms with Gasteiger partial charge in [-0.2, -0.15) is 0 Å². The molecule has 1 saturated carbocycles. The SMILES string of the molecule is COc1cccc(OCCNC(=O)CCc2ccc(S(=O)(=O)NC3CC3)cc2)c1. The van der Waals surface area contributed by atoms with Crippen molar-refractivity contribution < 1.29 is 22.7 Å². The Morgan fingerprint density at radius 3 is 2.52 bits per heavy atom. The standard InChI is InChI=1S/C21H26N2O5S/c1-27-18-3-2-4-19(15-18)28-14-13-22-21(24)12-7-16-5-10-20(11-6-16)29(25,26)23-17-8-9-17/h2-6,10-11,15,17,23H,7-9,12-14H2,1H3,(H,22,24). The first kappa shape index (κ1) is 21.1. The van der Waals surface area contributed by atoms with E-state index in [1.807, 2.05) is 18.2 Å². The molecule has 29 heavy (non-hydrogen) atoms. The first-order valence-corrected chi connectivity index (χ1v) is 11.1. The van der Waals surface area contributed by atoms with Crippen molar-refractivity contribution in [1.29, 1.82) is 0 Å². The maximum Gasteiger partial charge on any atom is 0.240 e. The van der Waals surface area contributed by atoms with E-state index in [0.717, 1.165) is 18.4 Å². The molecule has 0 saturated heterocycles. The fourth-order valence-electron chi connectivity index (χ4n) is 2.72. The van der Waals surface area contributed by atoms with Crippen LogP contribution >= 0.6 is 0 Å². The smallest absolute Gasteiger partial charge is 0.240 e. The van der Waals surface area contributed by atoms with Crippen molar-refractivity contribution in [3.63, 3.8) is 0 Å². The molecule has 7 nitrogen and oxygen atoms in total. The number of hydrogen-bond acceptors (Lipinski definition) is 5. The molecule has 3 rings (SSSR count). The molecular weight excluding hydrogens is 392 g/mol. The van der Waals surface area contributed by atoms with Gasteiger partial charge in [0.1, 0.15) is 18.1 Å². The molecule has 0 aliphatic heterocycles. The summed E-state index contributed by atoms with van der Waals surface area (Å²) < 4.78 is 37.7. The molecule has 0 radical (unpaired) electrons. The first-order valence-electron chi connectivity index (χ1n) is 9.61. The van der Waals surface area contributed by atoms with Gasteiger partial charge >= 0.3 is 0 Å². The van der Waals surface area contributed by atoms with E-state index >= 15 is 0 Å². The lowest BCUT2D eigenvalue weighted by Gasteiger charge is -2.09. The second-order valence-corrected chi connectivity index (χ2v) is 8.63. The maximum atomic E-state index is 12.2. The average molecular weight is 419 g/mol. The summed E-state index contributed by atoms with van der Waals surface area (Å²) in [5.41, 5.74) is 0.915. The molecule has 1 aliphatic carbocycles. The summed E-state index contributed by atoms with van der Waals surface area (Å²) in [6, 6.07) is 14.0. The summed E-state index contributed by atoms with van der Waals surface area (Å²) in [6.45, 7) is 0.763. The van der Waals surface area contributed by atoms with Crippen LogP contribution in [-0.4, -0.2) is 40.6 Å². The second-order valence-electron chi connectivity index (χ2n) is 6.92. The first-order chi connectivity index (χ1) is 14.0. The van der Waals surface area contributed by atoms with E-state index in [0.29, 0.717) is 37.5 Å². The van der Waals surface area contributed by atoms with Gasteiger partial charge in [0.15, 0.2) is 0 Å². The van der Waals surface area contributed by atoms with Gasteiger partial charge in [-0.25, -0.2) is 13.1 Å². The summed E-state index contributed by atoms with van der Waals surface area (Å²) in [6.07, 6.45) is 2.67. The largest absolute Gasteiger partial charge is 0.497 e. The summed E-state index contributed by atoms with van der Waals surface area (Å²) in [4.78, 5) is 12.2. The highest BCUT2D eigenvalue weighted by Gasteiger charge is 2.27. The zero-order valence-corrected chi connectivity index (χ0v) is 17.2. The Bertz CT molecular complexity index is 924. The molecule has 2 aromatic rings. The molecule has 1 amide bonds. The van der Waals surface area contributed by atoms with Crippen molar-refractivity contribution in [2.45, 2.75) is 36.6 Å². The highest BCUT2D eigenvalue weighted by molar-refractivity contribution is 7.89. The zero-order valence-electron chi connectivity index (χ0n) is 16.4. The molecule has 2 N–H and O–H groups in total. The van der Waals surface area contributed by atoms with Gasteiger partial charge < -0.3 is 14.8 Å². The van der Waals surface area contributed by atoms with Gasteiger partial charge in [0.05, 0.1) is 18.6 Å². The highest BCUT2D eigenvalue weighted by Crippen LogP contribution is 2.22. The normalized spacial score (nSPS) is 13.7. The van der Waals surface area contributed by atoms with E-state index in [1.165, 1.54) is 0 Å². The Hall–Kier alpha value is -2.58. The molecule has 0 atom stereocenters. The number of benzene rings is 2. The van der Waals surface area contributed by atoms with Crippen LogP contribution in [0.4, 0.5) is 0 Å². The molecule has 0 spiro atoms. The van der Waals surface area contributed by atoms with Crippen molar-refractivity contribution in [1.82, 2.24) is 10.0 Å².